The molecule has 0 N–H and O–H groups in total. The first-order valence-corrected chi connectivity index (χ1v) is 10.2. The zero-order chi connectivity index (χ0) is 19.1. The number of nitrogens with zero attached hydrogens (tertiary/aromatic N) is 3. The highest BCUT2D eigenvalue weighted by atomic mass is 32.1. The normalized spacial score (nSPS) is 16.9. The number of aromatic nitrogens is 2. The maximum absolute atomic E-state index is 5.23. The smallest absolute Gasteiger partial charge is 0.232 e. The van der Waals surface area contributed by atoms with Gasteiger partial charge in [0, 0.05) is 29.3 Å². The fraction of sp³-hybridized carbons (Fsp3) is 0.217. The van der Waals surface area contributed by atoms with Crippen LogP contribution in [0.15, 0.2) is 60.2 Å². The highest BCUT2D eigenvalue weighted by Gasteiger charge is 2.25. The van der Waals surface area contributed by atoms with E-state index in [1.165, 1.54) is 26.8 Å². The minimum Gasteiger partial charge on any atom is -0.480 e. The first-order valence-electron chi connectivity index (χ1n) is 9.36. The van der Waals surface area contributed by atoms with Gasteiger partial charge in [-0.3, -0.25) is 4.98 Å². The summed E-state index contributed by atoms with van der Waals surface area (Å²) in [7, 11) is 3.81. The molecule has 0 aliphatic carbocycles. The van der Waals surface area contributed by atoms with Crippen LogP contribution < -0.4 is 4.74 Å². The van der Waals surface area contributed by atoms with Crippen LogP contribution in [0.25, 0.3) is 21.3 Å². The molecule has 5 rings (SSSR count). The second-order valence-corrected chi connectivity index (χ2v) is 8.28. The maximum Gasteiger partial charge on any atom is 0.232 e. The lowest BCUT2D eigenvalue weighted by atomic mass is 9.84. The number of thiophene rings is 1. The molecule has 1 aliphatic rings. The lowest BCUT2D eigenvalue weighted by Crippen LogP contribution is -2.31. The predicted molar refractivity (Wildman–Crippen MR) is 114 cm³/mol. The van der Waals surface area contributed by atoms with Gasteiger partial charge in [0.1, 0.15) is 0 Å². The Labute approximate surface area is 168 Å². The summed E-state index contributed by atoms with van der Waals surface area (Å²) in [5.41, 5.74) is 6.07. The van der Waals surface area contributed by atoms with Crippen molar-refractivity contribution < 1.29 is 4.74 Å². The maximum atomic E-state index is 5.23. The minimum absolute atomic E-state index is 0.380. The van der Waals surface area contributed by atoms with E-state index in [9.17, 15) is 0 Å². The Kier molecular flexibility index (Phi) is 4.34. The molecule has 0 bridgehead atoms. The van der Waals surface area contributed by atoms with Gasteiger partial charge in [0.2, 0.25) is 5.88 Å². The van der Waals surface area contributed by atoms with Crippen molar-refractivity contribution in [3.63, 3.8) is 0 Å². The quantitative estimate of drug-likeness (QED) is 0.499. The number of ether oxygens (including phenoxy) is 1. The molecule has 0 radical (unpaired) electrons. The summed E-state index contributed by atoms with van der Waals surface area (Å²) in [6.07, 6.45) is 3.42. The standard InChI is InChI=1S/C23H21N3OS/c1-26-13-18-9-17(21-11-24-12-23(25-21)27-2)5-6-19(18)20(14-26)16-4-3-15-7-8-28-22(15)10-16/h3-12,20H,13-14H2,1-2H3. The van der Waals surface area contributed by atoms with Crippen molar-refractivity contribution in [2.75, 3.05) is 20.7 Å². The predicted octanol–water partition coefficient (Wildman–Crippen LogP) is 4.94. The van der Waals surface area contributed by atoms with Crippen LogP contribution >= 0.6 is 11.3 Å². The van der Waals surface area contributed by atoms with E-state index >= 15 is 0 Å². The van der Waals surface area contributed by atoms with Crippen LogP contribution in [0.2, 0.25) is 0 Å². The molecule has 1 aliphatic heterocycles. The number of methoxy groups -OCH3 is 1. The third-order valence-corrected chi connectivity index (χ3v) is 6.33. The van der Waals surface area contributed by atoms with Gasteiger partial charge in [-0.05, 0) is 52.7 Å². The van der Waals surface area contributed by atoms with Crippen LogP contribution in [-0.4, -0.2) is 35.6 Å². The molecule has 0 fully saturated rings. The van der Waals surface area contributed by atoms with Crippen molar-refractivity contribution in [3.05, 3.63) is 76.9 Å². The molecule has 140 valence electrons. The van der Waals surface area contributed by atoms with E-state index in [-0.39, 0.29) is 0 Å². The lowest BCUT2D eigenvalue weighted by Gasteiger charge is -2.33. The molecule has 0 saturated heterocycles. The van der Waals surface area contributed by atoms with E-state index in [2.05, 4.69) is 69.8 Å². The molecular weight excluding hydrogens is 366 g/mol. The molecule has 5 heteroatoms. The first-order chi connectivity index (χ1) is 13.7. The topological polar surface area (TPSA) is 38.2 Å². The fourth-order valence-corrected chi connectivity index (χ4v) is 4.90. The highest BCUT2D eigenvalue weighted by molar-refractivity contribution is 7.17. The summed E-state index contributed by atoms with van der Waals surface area (Å²) in [4.78, 5) is 11.2. The van der Waals surface area contributed by atoms with Crippen molar-refractivity contribution in [3.8, 4) is 17.1 Å². The van der Waals surface area contributed by atoms with Gasteiger partial charge >= 0.3 is 0 Å². The minimum atomic E-state index is 0.380. The van der Waals surface area contributed by atoms with Gasteiger partial charge in [-0.2, -0.15) is 0 Å². The second kappa shape index (κ2) is 7.00. The largest absolute Gasteiger partial charge is 0.480 e. The fourth-order valence-electron chi connectivity index (χ4n) is 4.07. The summed E-state index contributed by atoms with van der Waals surface area (Å²) < 4.78 is 6.59. The van der Waals surface area contributed by atoms with Crippen molar-refractivity contribution in [2.45, 2.75) is 12.5 Å². The average Bonchev–Trinajstić information content (AvgIpc) is 3.20. The lowest BCUT2D eigenvalue weighted by molar-refractivity contribution is 0.295. The Morgan fingerprint density at radius 2 is 2.04 bits per heavy atom. The van der Waals surface area contributed by atoms with Gasteiger partial charge in [-0.15, -0.1) is 11.3 Å². The number of fused-ring (bicyclic) bond motifs is 2. The molecule has 3 heterocycles. The van der Waals surface area contributed by atoms with Crippen molar-refractivity contribution in [1.82, 2.24) is 14.9 Å². The Morgan fingerprint density at radius 3 is 2.93 bits per heavy atom. The number of hydrogen-bond acceptors (Lipinski definition) is 5. The number of benzene rings is 2. The van der Waals surface area contributed by atoms with E-state index in [1.54, 1.807) is 19.5 Å². The zero-order valence-corrected chi connectivity index (χ0v) is 16.7. The second-order valence-electron chi connectivity index (χ2n) is 7.33. The Morgan fingerprint density at radius 1 is 1.11 bits per heavy atom. The van der Waals surface area contributed by atoms with Crippen LogP contribution in [0.5, 0.6) is 5.88 Å². The van der Waals surface area contributed by atoms with Gasteiger partial charge in [0.15, 0.2) is 0 Å². The number of likely N-dealkylation sites (N-methyl/N-ethyl adjacent to an activating group) is 1. The zero-order valence-electron chi connectivity index (χ0n) is 15.9. The summed E-state index contributed by atoms with van der Waals surface area (Å²) in [5.74, 6) is 0.917. The highest BCUT2D eigenvalue weighted by Crippen LogP contribution is 2.36. The monoisotopic (exact) mass is 387 g/mol. The summed E-state index contributed by atoms with van der Waals surface area (Å²) in [5, 5.41) is 3.49. The molecule has 4 aromatic rings. The summed E-state index contributed by atoms with van der Waals surface area (Å²) >= 11 is 1.81. The van der Waals surface area contributed by atoms with Crippen LogP contribution in [0.3, 0.4) is 0 Å². The molecule has 1 atom stereocenters. The van der Waals surface area contributed by atoms with Crippen LogP contribution in [0, 0.1) is 0 Å². The van der Waals surface area contributed by atoms with Gasteiger partial charge in [-0.25, -0.2) is 4.98 Å². The van der Waals surface area contributed by atoms with E-state index in [1.807, 2.05) is 11.3 Å². The van der Waals surface area contributed by atoms with Crippen LogP contribution in [-0.2, 0) is 6.54 Å². The van der Waals surface area contributed by atoms with E-state index in [0.29, 0.717) is 11.8 Å². The SMILES string of the molecule is COc1cncc(-c2ccc3c(c2)CN(C)CC3c2ccc3ccsc3c2)n1. The van der Waals surface area contributed by atoms with Gasteiger partial charge < -0.3 is 9.64 Å². The van der Waals surface area contributed by atoms with Gasteiger partial charge in [0.05, 0.1) is 25.2 Å². The Balaban J connectivity index is 1.57. The van der Waals surface area contributed by atoms with Crippen molar-refractivity contribution in [1.29, 1.82) is 0 Å². The summed E-state index contributed by atoms with van der Waals surface area (Å²) in [6.45, 7) is 1.97. The average molecular weight is 388 g/mol. The van der Waals surface area contributed by atoms with E-state index < -0.39 is 0 Å². The van der Waals surface area contributed by atoms with Crippen LogP contribution in [0.4, 0.5) is 0 Å². The third kappa shape index (κ3) is 3.07. The molecule has 2 aromatic heterocycles. The van der Waals surface area contributed by atoms with Crippen LogP contribution in [0.1, 0.15) is 22.6 Å². The summed E-state index contributed by atoms with van der Waals surface area (Å²) in [6, 6.07) is 15.7. The number of rotatable bonds is 3. The molecule has 0 saturated carbocycles. The first kappa shape index (κ1) is 17.3. The molecular formula is C23H21N3OS. The third-order valence-electron chi connectivity index (χ3n) is 5.45. The van der Waals surface area contributed by atoms with Gasteiger partial charge in [-0.1, -0.05) is 24.3 Å². The van der Waals surface area contributed by atoms with E-state index in [0.717, 1.165) is 24.3 Å². The molecule has 4 nitrogen and oxygen atoms in total. The molecule has 0 amide bonds. The molecule has 1 unspecified atom stereocenters. The van der Waals surface area contributed by atoms with Gasteiger partial charge in [0.25, 0.3) is 0 Å². The molecule has 0 spiro atoms. The van der Waals surface area contributed by atoms with Crippen molar-refractivity contribution >= 4 is 21.4 Å². The van der Waals surface area contributed by atoms with Crippen molar-refractivity contribution in [2.24, 2.45) is 0 Å². The Bertz CT molecular complexity index is 1150. The van der Waals surface area contributed by atoms with E-state index in [4.69, 9.17) is 4.74 Å². The Hall–Kier alpha value is -2.76. The number of hydrogen-bond donors (Lipinski definition) is 0. The molecule has 2 aromatic carbocycles. The molecule has 28 heavy (non-hydrogen) atoms.